The van der Waals surface area contributed by atoms with Crippen LogP contribution < -0.4 is 38.9 Å². The number of ether oxygens (including phenoxy) is 2. The molecule has 0 aromatic heterocycles. The zero-order valence-corrected chi connectivity index (χ0v) is 16.9. The second kappa shape index (κ2) is 12.2. The molecule has 2 aromatic carbocycles. The molecule has 0 fully saturated rings. The Kier molecular flexibility index (Phi) is 10.6. The summed E-state index contributed by atoms with van der Waals surface area (Å²) in [6.07, 6.45) is 4.09. The van der Waals surface area contributed by atoms with Crippen LogP contribution in [-0.4, -0.2) is 27.1 Å². The van der Waals surface area contributed by atoms with E-state index in [4.69, 9.17) is 14.0 Å². The van der Waals surface area contributed by atoms with Gasteiger partial charge in [-0.1, -0.05) is 50.1 Å². The topological polar surface area (TPSA) is 44.8 Å². The number of aldehydes is 1. The monoisotopic (exact) mass is 368 g/mol. The van der Waals surface area contributed by atoms with Crippen molar-refractivity contribution in [1.82, 2.24) is 0 Å². The maximum Gasteiger partial charge on any atom is 1.00 e. The van der Waals surface area contributed by atoms with E-state index in [0.29, 0.717) is 23.7 Å². The van der Waals surface area contributed by atoms with Gasteiger partial charge in [0, 0.05) is 10.6 Å². The van der Waals surface area contributed by atoms with Crippen molar-refractivity contribution in [2.45, 2.75) is 26.2 Å². The standard InChI is InChI=1S/C20H25O4P.Li.H/c1-4-5-9-12-24-25(16-10-7-6-8-11-16)17-13-19(22-2)18(15-21)20(14-17)23-3;;/h6-8,10-11,13-15H,4-5,9,12H2,1-3H3;;/q;+1;-1. The van der Waals surface area contributed by atoms with Gasteiger partial charge < -0.3 is 15.4 Å². The SMILES string of the molecule is CCCCCOP(c1ccccc1)c1cc(OC)c(C=O)c(OC)c1.[H-].[Li+]. The number of carbonyl (C=O) groups excluding carboxylic acids is 1. The van der Waals surface area contributed by atoms with Crippen molar-refractivity contribution in [2.75, 3.05) is 20.8 Å². The van der Waals surface area contributed by atoms with Gasteiger partial charge in [0.1, 0.15) is 11.5 Å². The molecule has 0 radical (unpaired) electrons. The Labute approximate surface area is 170 Å². The van der Waals surface area contributed by atoms with Crippen LogP contribution in [0.4, 0.5) is 0 Å². The van der Waals surface area contributed by atoms with Crippen LogP contribution >= 0.6 is 8.15 Å². The van der Waals surface area contributed by atoms with Gasteiger partial charge in [0.2, 0.25) is 0 Å². The van der Waals surface area contributed by atoms with E-state index in [1.165, 1.54) is 0 Å². The van der Waals surface area contributed by atoms with E-state index < -0.39 is 8.15 Å². The van der Waals surface area contributed by atoms with Crippen LogP contribution in [0.5, 0.6) is 11.5 Å². The maximum atomic E-state index is 11.4. The quantitative estimate of drug-likeness (QED) is 0.274. The molecule has 1 atom stereocenters. The van der Waals surface area contributed by atoms with Crippen LogP contribution in [0.15, 0.2) is 42.5 Å². The van der Waals surface area contributed by atoms with E-state index >= 15 is 0 Å². The molecule has 0 aliphatic carbocycles. The second-order valence-electron chi connectivity index (χ2n) is 5.55. The smallest absolute Gasteiger partial charge is 1.00 e. The number of unbranched alkanes of at least 4 members (excludes halogenated alkanes) is 2. The molecule has 1 unspecified atom stereocenters. The molecule has 0 saturated heterocycles. The first kappa shape index (κ1) is 22.7. The van der Waals surface area contributed by atoms with E-state index in [9.17, 15) is 4.79 Å². The molecule has 0 aliphatic heterocycles. The first-order chi connectivity index (χ1) is 12.2. The largest absolute Gasteiger partial charge is 1.00 e. The molecule has 6 heteroatoms. The van der Waals surface area contributed by atoms with E-state index in [1.54, 1.807) is 14.2 Å². The van der Waals surface area contributed by atoms with E-state index in [0.717, 1.165) is 36.2 Å². The minimum Gasteiger partial charge on any atom is -1.00 e. The molecule has 0 aliphatic rings. The molecule has 4 nitrogen and oxygen atoms in total. The number of hydrogen-bond donors (Lipinski definition) is 0. The molecule has 0 amide bonds. The minimum absolute atomic E-state index is 0. The van der Waals surface area contributed by atoms with Crippen LogP contribution in [0.3, 0.4) is 0 Å². The van der Waals surface area contributed by atoms with E-state index in [1.807, 2.05) is 30.3 Å². The molecular formula is C20H26LiO4P. The molecule has 2 aromatic rings. The number of carbonyl (C=O) groups is 1. The van der Waals surface area contributed by atoms with Crippen molar-refractivity contribution in [2.24, 2.45) is 0 Å². The summed E-state index contributed by atoms with van der Waals surface area (Å²) in [4.78, 5) is 11.4. The number of benzene rings is 2. The summed E-state index contributed by atoms with van der Waals surface area (Å²) in [5.41, 5.74) is 0.419. The van der Waals surface area contributed by atoms with Crippen LogP contribution in [0.2, 0.25) is 0 Å². The normalized spacial score (nSPS) is 11.3. The zero-order chi connectivity index (χ0) is 18.1. The third-order valence-corrected chi connectivity index (χ3v) is 5.78. The Morgan fingerprint density at radius 3 is 2.12 bits per heavy atom. The summed E-state index contributed by atoms with van der Waals surface area (Å²) < 4.78 is 17.0. The molecule has 26 heavy (non-hydrogen) atoms. The Hall–Kier alpha value is -1.30. The summed E-state index contributed by atoms with van der Waals surface area (Å²) in [5.74, 6) is 1.01. The Bertz CT molecular complexity index is 660. The van der Waals surface area contributed by atoms with Gasteiger partial charge in [-0.05, 0) is 18.6 Å². The van der Waals surface area contributed by atoms with Crippen molar-refractivity contribution < 1.29 is 39.1 Å². The Morgan fingerprint density at radius 2 is 1.62 bits per heavy atom. The predicted octanol–water partition coefficient (Wildman–Crippen LogP) is 1.19. The molecule has 0 N–H and O–H groups in total. The molecular weight excluding hydrogens is 342 g/mol. The maximum absolute atomic E-state index is 11.4. The zero-order valence-electron chi connectivity index (χ0n) is 17.0. The summed E-state index contributed by atoms with van der Waals surface area (Å²) in [5, 5.41) is 2.09. The van der Waals surface area contributed by atoms with Crippen molar-refractivity contribution in [1.29, 1.82) is 0 Å². The summed E-state index contributed by atoms with van der Waals surface area (Å²) in [6.45, 7) is 2.88. The number of rotatable bonds is 10. The third-order valence-electron chi connectivity index (χ3n) is 3.84. The van der Waals surface area contributed by atoms with Crippen molar-refractivity contribution >= 4 is 25.0 Å². The fraction of sp³-hybridized carbons (Fsp3) is 0.350. The molecule has 0 saturated carbocycles. The fourth-order valence-electron chi connectivity index (χ4n) is 2.53. The molecule has 136 valence electrons. The molecule has 0 bridgehead atoms. The van der Waals surface area contributed by atoms with Crippen LogP contribution in [0, 0.1) is 0 Å². The first-order valence-electron chi connectivity index (χ1n) is 8.44. The van der Waals surface area contributed by atoms with Gasteiger partial charge in [-0.2, -0.15) is 0 Å². The first-order valence-corrected chi connectivity index (χ1v) is 9.70. The Morgan fingerprint density at radius 1 is 1.00 bits per heavy atom. The average Bonchev–Trinajstić information content (AvgIpc) is 2.67. The van der Waals surface area contributed by atoms with Gasteiger partial charge >= 0.3 is 18.9 Å². The van der Waals surface area contributed by atoms with Crippen molar-refractivity contribution in [3.8, 4) is 11.5 Å². The van der Waals surface area contributed by atoms with Crippen molar-refractivity contribution in [3.63, 3.8) is 0 Å². The van der Waals surface area contributed by atoms with E-state index in [-0.39, 0.29) is 20.3 Å². The van der Waals surface area contributed by atoms with E-state index in [2.05, 4.69) is 19.1 Å². The molecule has 0 spiro atoms. The summed E-state index contributed by atoms with van der Waals surface area (Å²) in [6, 6.07) is 13.9. The van der Waals surface area contributed by atoms with Gasteiger partial charge in [0.05, 0.1) is 34.5 Å². The number of hydrogen-bond acceptors (Lipinski definition) is 4. The fourth-order valence-corrected chi connectivity index (χ4v) is 4.35. The molecule has 2 rings (SSSR count). The van der Waals surface area contributed by atoms with Crippen LogP contribution in [0.25, 0.3) is 0 Å². The Balaban J connectivity index is 0.00000338. The predicted molar refractivity (Wildman–Crippen MR) is 104 cm³/mol. The van der Waals surface area contributed by atoms with Gasteiger partial charge in [-0.25, -0.2) is 0 Å². The van der Waals surface area contributed by atoms with Gasteiger partial charge in [0.15, 0.2) is 6.29 Å². The van der Waals surface area contributed by atoms with Gasteiger partial charge in [-0.15, -0.1) is 0 Å². The second-order valence-corrected chi connectivity index (χ2v) is 7.43. The number of methoxy groups -OCH3 is 2. The van der Waals surface area contributed by atoms with Crippen LogP contribution in [0.1, 0.15) is 38.0 Å². The van der Waals surface area contributed by atoms with Gasteiger partial charge in [-0.3, -0.25) is 4.79 Å². The third kappa shape index (κ3) is 5.86. The summed E-state index contributed by atoms with van der Waals surface area (Å²) >= 11 is 0. The van der Waals surface area contributed by atoms with Crippen LogP contribution in [-0.2, 0) is 4.52 Å². The average molecular weight is 368 g/mol. The molecule has 0 heterocycles. The van der Waals surface area contributed by atoms with Crippen molar-refractivity contribution in [3.05, 3.63) is 48.0 Å². The summed E-state index contributed by atoms with van der Waals surface area (Å²) in [7, 11) is 2.10. The minimum atomic E-state index is -1.00. The van der Waals surface area contributed by atoms with Gasteiger partial charge in [0.25, 0.3) is 0 Å².